The van der Waals surface area contributed by atoms with Crippen molar-refractivity contribution in [3.05, 3.63) is 35.9 Å². The molecule has 0 aliphatic rings. The lowest BCUT2D eigenvalue weighted by Crippen LogP contribution is -2.29. The Balaban J connectivity index is 2.60. The van der Waals surface area contributed by atoms with E-state index in [0.717, 1.165) is 5.56 Å². The second-order valence-electron chi connectivity index (χ2n) is 4.30. The number of carbonyl (C=O) groups is 1. The van der Waals surface area contributed by atoms with Crippen molar-refractivity contribution in [3.63, 3.8) is 0 Å². The first-order chi connectivity index (χ1) is 9.50. The van der Waals surface area contributed by atoms with E-state index in [2.05, 4.69) is 5.32 Å². The lowest BCUT2D eigenvalue weighted by atomic mass is 10.1. The minimum absolute atomic E-state index is 0.152. The highest BCUT2D eigenvalue weighted by atomic mass is 31.2. The van der Waals surface area contributed by atoms with E-state index in [4.69, 9.17) is 9.05 Å². The van der Waals surface area contributed by atoms with E-state index in [1.165, 1.54) is 0 Å². The Morgan fingerprint density at radius 2 is 1.75 bits per heavy atom. The molecule has 6 heteroatoms. The van der Waals surface area contributed by atoms with Crippen LogP contribution in [-0.4, -0.2) is 25.3 Å². The van der Waals surface area contributed by atoms with Crippen molar-refractivity contribution in [1.29, 1.82) is 0 Å². The van der Waals surface area contributed by atoms with Gasteiger partial charge in [0.25, 0.3) is 0 Å². The van der Waals surface area contributed by atoms with Crippen molar-refractivity contribution in [1.82, 2.24) is 5.32 Å². The molecule has 1 amide bonds. The summed E-state index contributed by atoms with van der Waals surface area (Å²) in [7, 11) is -3.34. The summed E-state index contributed by atoms with van der Waals surface area (Å²) in [6, 6.07) is 9.43. The van der Waals surface area contributed by atoms with Gasteiger partial charge in [0.15, 0.2) is 0 Å². The first-order valence-corrected chi connectivity index (χ1v) is 8.46. The van der Waals surface area contributed by atoms with E-state index >= 15 is 0 Å². The first kappa shape index (κ1) is 16.9. The number of benzene rings is 1. The molecule has 5 nitrogen and oxygen atoms in total. The van der Waals surface area contributed by atoms with Gasteiger partial charge in [-0.1, -0.05) is 30.3 Å². The topological polar surface area (TPSA) is 64.6 Å². The monoisotopic (exact) mass is 299 g/mol. The zero-order valence-corrected chi connectivity index (χ0v) is 13.1. The summed E-state index contributed by atoms with van der Waals surface area (Å²) < 4.78 is 22.4. The van der Waals surface area contributed by atoms with Crippen LogP contribution >= 0.6 is 7.60 Å². The fourth-order valence-electron chi connectivity index (χ4n) is 1.81. The molecule has 0 bridgehead atoms. The third kappa shape index (κ3) is 5.45. The van der Waals surface area contributed by atoms with Gasteiger partial charge in [0, 0.05) is 0 Å². The zero-order valence-electron chi connectivity index (χ0n) is 12.2. The van der Waals surface area contributed by atoms with Crippen molar-refractivity contribution in [2.75, 3.05) is 19.4 Å². The molecule has 0 aromatic heterocycles. The Bertz CT molecular complexity index is 454. The molecule has 0 radical (unpaired) electrons. The van der Waals surface area contributed by atoms with Crippen LogP contribution in [0, 0.1) is 0 Å². The number of amides is 1. The van der Waals surface area contributed by atoms with E-state index in [9.17, 15) is 9.36 Å². The van der Waals surface area contributed by atoms with E-state index in [1.54, 1.807) is 13.8 Å². The fourth-order valence-corrected chi connectivity index (χ4v) is 3.30. The maximum Gasteiger partial charge on any atom is 0.340 e. The number of rotatable bonds is 8. The molecule has 0 spiro atoms. The number of hydrogen-bond acceptors (Lipinski definition) is 4. The van der Waals surface area contributed by atoms with Gasteiger partial charge in [-0.3, -0.25) is 9.36 Å². The van der Waals surface area contributed by atoms with E-state index < -0.39 is 7.60 Å². The summed E-state index contributed by atoms with van der Waals surface area (Å²) in [4.78, 5) is 11.9. The van der Waals surface area contributed by atoms with Crippen molar-refractivity contribution in [2.45, 2.75) is 26.8 Å². The van der Waals surface area contributed by atoms with Crippen LogP contribution < -0.4 is 5.32 Å². The second-order valence-corrected chi connectivity index (χ2v) is 6.36. The highest BCUT2D eigenvalue weighted by molar-refractivity contribution is 7.54. The van der Waals surface area contributed by atoms with Crippen molar-refractivity contribution in [3.8, 4) is 0 Å². The maximum absolute atomic E-state index is 12.2. The SMILES string of the molecule is CCOP(=O)(CC(=O)N[C@@H](C)c1ccccc1)OCC. The van der Waals surface area contributed by atoms with Crippen LogP contribution in [-0.2, 0) is 18.4 Å². The van der Waals surface area contributed by atoms with Crippen LogP contribution in [0.2, 0.25) is 0 Å². The molecule has 0 unspecified atom stereocenters. The first-order valence-electron chi connectivity index (χ1n) is 6.73. The third-order valence-corrected chi connectivity index (χ3v) is 4.64. The average molecular weight is 299 g/mol. The molecule has 0 saturated carbocycles. The normalized spacial score (nSPS) is 12.9. The predicted octanol–water partition coefficient (Wildman–Crippen LogP) is 3.13. The zero-order chi connectivity index (χ0) is 15.0. The van der Waals surface area contributed by atoms with Crippen LogP contribution in [0.15, 0.2) is 30.3 Å². The quantitative estimate of drug-likeness (QED) is 0.749. The van der Waals surface area contributed by atoms with Gasteiger partial charge in [0.05, 0.1) is 19.3 Å². The minimum Gasteiger partial charge on any atom is -0.349 e. The van der Waals surface area contributed by atoms with Gasteiger partial charge in [-0.25, -0.2) is 0 Å². The van der Waals surface area contributed by atoms with Crippen LogP contribution in [0.3, 0.4) is 0 Å². The van der Waals surface area contributed by atoms with E-state index in [-0.39, 0.29) is 31.3 Å². The molecule has 1 aromatic rings. The summed E-state index contributed by atoms with van der Waals surface area (Å²) in [5, 5.41) is 2.80. The molecule has 0 aliphatic carbocycles. The fraction of sp³-hybridized carbons (Fsp3) is 0.500. The standard InChI is InChI=1S/C14H22NO4P/c1-4-18-20(17,19-5-2)11-14(16)15-12(3)13-9-7-6-8-10-13/h6-10,12H,4-5,11H2,1-3H3,(H,15,16)/t12-/m0/s1. The molecule has 20 heavy (non-hydrogen) atoms. The number of carbonyl (C=O) groups excluding carboxylic acids is 1. The number of hydrogen-bond donors (Lipinski definition) is 1. The largest absolute Gasteiger partial charge is 0.349 e. The Kier molecular flexibility index (Phi) is 6.93. The Hall–Kier alpha value is -1.16. The Labute approximate surface area is 120 Å². The van der Waals surface area contributed by atoms with Crippen LogP contribution in [0.25, 0.3) is 0 Å². The molecular weight excluding hydrogens is 277 g/mol. The smallest absolute Gasteiger partial charge is 0.340 e. The van der Waals surface area contributed by atoms with Crippen LogP contribution in [0.1, 0.15) is 32.4 Å². The number of nitrogens with one attached hydrogen (secondary N) is 1. The van der Waals surface area contributed by atoms with Crippen molar-refractivity contribution >= 4 is 13.5 Å². The molecule has 0 aliphatic heterocycles. The van der Waals surface area contributed by atoms with Crippen LogP contribution in [0.4, 0.5) is 0 Å². The highest BCUT2D eigenvalue weighted by Gasteiger charge is 2.28. The lowest BCUT2D eigenvalue weighted by molar-refractivity contribution is -0.119. The third-order valence-electron chi connectivity index (χ3n) is 2.67. The Morgan fingerprint density at radius 1 is 1.20 bits per heavy atom. The molecule has 0 heterocycles. The van der Waals surface area contributed by atoms with Gasteiger partial charge >= 0.3 is 7.60 Å². The van der Waals surface area contributed by atoms with Gasteiger partial charge in [0.1, 0.15) is 6.16 Å². The van der Waals surface area contributed by atoms with Gasteiger partial charge < -0.3 is 14.4 Å². The molecule has 1 aromatic carbocycles. The molecule has 0 fully saturated rings. The van der Waals surface area contributed by atoms with Gasteiger partial charge in [-0.2, -0.15) is 0 Å². The maximum atomic E-state index is 12.2. The van der Waals surface area contributed by atoms with Crippen molar-refractivity contribution < 1.29 is 18.4 Å². The lowest BCUT2D eigenvalue weighted by Gasteiger charge is -2.19. The second kappa shape index (κ2) is 8.20. The average Bonchev–Trinajstić information content (AvgIpc) is 2.39. The van der Waals surface area contributed by atoms with Crippen molar-refractivity contribution in [2.24, 2.45) is 0 Å². The Morgan fingerprint density at radius 3 is 2.25 bits per heavy atom. The van der Waals surface area contributed by atoms with E-state index in [0.29, 0.717) is 0 Å². The summed E-state index contributed by atoms with van der Waals surface area (Å²) in [6.07, 6.45) is -0.258. The predicted molar refractivity (Wildman–Crippen MR) is 78.7 cm³/mol. The summed E-state index contributed by atoms with van der Waals surface area (Å²) in [6.45, 7) is 5.81. The molecular formula is C14H22NO4P. The molecule has 1 N–H and O–H groups in total. The minimum atomic E-state index is -3.34. The van der Waals surface area contributed by atoms with Crippen LogP contribution in [0.5, 0.6) is 0 Å². The molecule has 1 rings (SSSR count). The summed E-state index contributed by atoms with van der Waals surface area (Å²) >= 11 is 0. The van der Waals surface area contributed by atoms with Gasteiger partial charge in [-0.05, 0) is 26.3 Å². The van der Waals surface area contributed by atoms with E-state index in [1.807, 2.05) is 37.3 Å². The molecule has 0 saturated heterocycles. The van der Waals surface area contributed by atoms with Gasteiger partial charge in [0.2, 0.25) is 5.91 Å². The summed E-state index contributed by atoms with van der Waals surface area (Å²) in [5.41, 5.74) is 0.989. The van der Waals surface area contributed by atoms with Gasteiger partial charge in [-0.15, -0.1) is 0 Å². The summed E-state index contributed by atoms with van der Waals surface area (Å²) in [5.74, 6) is -0.341. The highest BCUT2D eigenvalue weighted by Crippen LogP contribution is 2.47. The molecule has 112 valence electrons. The molecule has 1 atom stereocenters.